The van der Waals surface area contributed by atoms with E-state index in [9.17, 15) is 4.39 Å². The summed E-state index contributed by atoms with van der Waals surface area (Å²) in [6.45, 7) is 4.00. The molecule has 0 aromatic heterocycles. The van der Waals surface area contributed by atoms with Gasteiger partial charge in [0.25, 0.3) is 0 Å². The van der Waals surface area contributed by atoms with Crippen LogP contribution in [0.5, 0.6) is 5.75 Å². The molecule has 2 aliphatic carbocycles. The predicted octanol–water partition coefficient (Wildman–Crippen LogP) is 6.99. The molecule has 0 bridgehead atoms. The second-order valence-electron chi connectivity index (χ2n) is 8.31. The van der Waals surface area contributed by atoms with E-state index in [4.69, 9.17) is 4.74 Å². The predicted molar refractivity (Wildman–Crippen MR) is 109 cm³/mol. The molecule has 4 atom stereocenters. The molecule has 0 amide bonds. The molecule has 4 unspecified atom stereocenters. The number of hydrogen-bond donors (Lipinski definition) is 0. The number of fused-ring (bicyclic) bond motifs is 1. The van der Waals surface area contributed by atoms with Crippen LogP contribution in [0.1, 0.15) is 50.0 Å². The monoisotopic (exact) mass is 364 g/mol. The third-order valence-electron chi connectivity index (χ3n) is 6.86. The largest absolute Gasteiger partial charge is 0.497 e. The van der Waals surface area contributed by atoms with E-state index in [1.807, 2.05) is 6.07 Å². The van der Waals surface area contributed by atoms with Crippen LogP contribution in [0.25, 0.3) is 11.1 Å². The van der Waals surface area contributed by atoms with Crippen LogP contribution >= 0.6 is 0 Å². The maximum atomic E-state index is 14.3. The fraction of sp³-hybridized carbons (Fsp3) is 0.440. The van der Waals surface area contributed by atoms with Gasteiger partial charge in [0.15, 0.2) is 0 Å². The number of hydrogen-bond acceptors (Lipinski definition) is 1. The fourth-order valence-corrected chi connectivity index (χ4v) is 5.23. The summed E-state index contributed by atoms with van der Waals surface area (Å²) in [5.41, 5.74) is 2.98. The van der Waals surface area contributed by atoms with Crippen molar-refractivity contribution in [1.82, 2.24) is 0 Å². The zero-order valence-electron chi connectivity index (χ0n) is 16.2. The Bertz CT molecular complexity index is 794. The molecule has 2 aliphatic rings. The molecule has 0 radical (unpaired) electrons. The Kier molecular flexibility index (Phi) is 5.33. The molecule has 27 heavy (non-hydrogen) atoms. The molecule has 0 N–H and O–H groups in total. The van der Waals surface area contributed by atoms with Gasteiger partial charge in [0.2, 0.25) is 0 Å². The minimum Gasteiger partial charge on any atom is -0.497 e. The normalized spacial score (nSPS) is 27.6. The molecule has 0 aliphatic heterocycles. The van der Waals surface area contributed by atoms with Gasteiger partial charge in [-0.05, 0) is 85.5 Å². The van der Waals surface area contributed by atoms with Crippen molar-refractivity contribution in [2.24, 2.45) is 17.8 Å². The molecule has 2 aromatic rings. The summed E-state index contributed by atoms with van der Waals surface area (Å²) in [5, 5.41) is 0. The van der Waals surface area contributed by atoms with Crippen molar-refractivity contribution in [1.29, 1.82) is 0 Å². The number of methoxy groups -OCH3 is 1. The second-order valence-corrected chi connectivity index (χ2v) is 8.31. The first-order valence-corrected chi connectivity index (χ1v) is 10.2. The number of ether oxygens (including phenoxy) is 1. The lowest BCUT2D eigenvalue weighted by molar-refractivity contribution is 0.133. The van der Waals surface area contributed by atoms with Gasteiger partial charge in [-0.2, -0.15) is 0 Å². The van der Waals surface area contributed by atoms with E-state index >= 15 is 0 Å². The number of halogens is 1. The van der Waals surface area contributed by atoms with E-state index in [-0.39, 0.29) is 5.82 Å². The van der Waals surface area contributed by atoms with Gasteiger partial charge in [-0.3, -0.25) is 0 Å². The summed E-state index contributed by atoms with van der Waals surface area (Å²) in [7, 11) is 1.56. The van der Waals surface area contributed by atoms with Crippen LogP contribution in [-0.4, -0.2) is 7.11 Å². The molecular formula is C25H29FO. The Labute approximate surface area is 162 Å². The van der Waals surface area contributed by atoms with Crippen LogP contribution in [0, 0.1) is 23.6 Å². The summed E-state index contributed by atoms with van der Waals surface area (Å²) >= 11 is 0. The summed E-state index contributed by atoms with van der Waals surface area (Å²) in [6, 6.07) is 13.6. The average Bonchev–Trinajstić information content (AvgIpc) is 2.73. The highest BCUT2D eigenvalue weighted by Gasteiger charge is 2.35. The lowest BCUT2D eigenvalue weighted by atomic mass is 9.64. The minimum atomic E-state index is -0.235. The van der Waals surface area contributed by atoms with Gasteiger partial charge < -0.3 is 4.74 Å². The van der Waals surface area contributed by atoms with Crippen LogP contribution in [0.3, 0.4) is 0 Å². The molecule has 4 rings (SSSR count). The summed E-state index contributed by atoms with van der Waals surface area (Å²) in [4.78, 5) is 0. The third kappa shape index (κ3) is 3.81. The first-order valence-electron chi connectivity index (χ1n) is 10.2. The summed E-state index contributed by atoms with van der Waals surface area (Å²) in [5.74, 6) is 3.48. The average molecular weight is 365 g/mol. The molecule has 0 saturated heterocycles. The van der Waals surface area contributed by atoms with Crippen LogP contribution in [-0.2, 0) is 0 Å². The van der Waals surface area contributed by atoms with Crippen LogP contribution < -0.4 is 4.74 Å². The number of rotatable bonds is 4. The molecule has 2 aromatic carbocycles. The maximum absolute atomic E-state index is 14.3. The first kappa shape index (κ1) is 18.3. The maximum Gasteiger partial charge on any atom is 0.134 e. The number of allylic oxidation sites excluding steroid dienone is 1. The highest BCUT2D eigenvalue weighted by molar-refractivity contribution is 5.65. The van der Waals surface area contributed by atoms with Crippen molar-refractivity contribution < 1.29 is 9.13 Å². The van der Waals surface area contributed by atoms with Crippen molar-refractivity contribution in [3.05, 3.63) is 66.5 Å². The molecule has 2 heteroatoms. The first-order chi connectivity index (χ1) is 13.2. The van der Waals surface area contributed by atoms with E-state index in [0.717, 1.165) is 23.3 Å². The zero-order chi connectivity index (χ0) is 18.8. The Balaban J connectivity index is 1.46. The molecule has 1 nitrogen and oxygen atoms in total. The molecule has 2 fully saturated rings. The molecule has 142 valence electrons. The van der Waals surface area contributed by atoms with Crippen LogP contribution in [0.2, 0.25) is 0 Å². The zero-order valence-corrected chi connectivity index (χ0v) is 16.2. The van der Waals surface area contributed by atoms with Gasteiger partial charge in [0, 0.05) is 11.6 Å². The van der Waals surface area contributed by atoms with E-state index in [1.54, 1.807) is 13.2 Å². The van der Waals surface area contributed by atoms with E-state index in [1.165, 1.54) is 50.2 Å². The lowest BCUT2D eigenvalue weighted by Crippen LogP contribution is -2.29. The van der Waals surface area contributed by atoms with Crippen molar-refractivity contribution in [2.75, 3.05) is 7.11 Å². The Morgan fingerprint density at radius 1 is 0.963 bits per heavy atom. The summed E-state index contributed by atoms with van der Waals surface area (Å²) in [6.07, 6.45) is 10.1. The van der Waals surface area contributed by atoms with Crippen LogP contribution in [0.15, 0.2) is 55.1 Å². The highest BCUT2D eigenvalue weighted by Crippen LogP contribution is 2.47. The van der Waals surface area contributed by atoms with Gasteiger partial charge in [0.05, 0.1) is 7.11 Å². The van der Waals surface area contributed by atoms with Gasteiger partial charge >= 0.3 is 0 Å². The van der Waals surface area contributed by atoms with Gasteiger partial charge in [-0.25, -0.2) is 4.39 Å². The van der Waals surface area contributed by atoms with Gasteiger partial charge in [-0.15, -0.1) is 6.58 Å². The Morgan fingerprint density at radius 2 is 1.70 bits per heavy atom. The lowest BCUT2D eigenvalue weighted by Gasteiger charge is -2.41. The Morgan fingerprint density at radius 3 is 2.41 bits per heavy atom. The molecular weight excluding hydrogens is 335 g/mol. The van der Waals surface area contributed by atoms with Crippen molar-refractivity contribution in [3.63, 3.8) is 0 Å². The van der Waals surface area contributed by atoms with E-state index < -0.39 is 0 Å². The molecule has 0 spiro atoms. The van der Waals surface area contributed by atoms with Crippen molar-refractivity contribution in [3.8, 4) is 16.9 Å². The third-order valence-corrected chi connectivity index (χ3v) is 6.86. The number of benzene rings is 2. The standard InChI is InChI=1S/C25H29FO/c1-3-17-4-5-22-15-21(11-10-20(22)14-17)18-6-8-19(9-7-18)24-13-12-23(27-2)16-25(24)26/h3,6-9,12-13,16-17,20-22H,1,4-5,10-11,14-15H2,2H3. The van der Waals surface area contributed by atoms with Crippen LogP contribution in [0.4, 0.5) is 4.39 Å². The van der Waals surface area contributed by atoms with Crippen molar-refractivity contribution in [2.45, 2.75) is 44.4 Å². The SMILES string of the molecule is C=CC1CCC2CC(c3ccc(-c4ccc(OC)cc4F)cc3)CCC2C1. The fourth-order valence-electron chi connectivity index (χ4n) is 5.23. The highest BCUT2D eigenvalue weighted by atomic mass is 19.1. The topological polar surface area (TPSA) is 9.23 Å². The van der Waals surface area contributed by atoms with Crippen molar-refractivity contribution >= 4 is 0 Å². The molecule has 0 heterocycles. The smallest absolute Gasteiger partial charge is 0.134 e. The summed E-state index contributed by atoms with van der Waals surface area (Å²) < 4.78 is 19.4. The van der Waals surface area contributed by atoms with E-state index in [0.29, 0.717) is 17.2 Å². The van der Waals surface area contributed by atoms with E-state index in [2.05, 4.69) is 36.9 Å². The second kappa shape index (κ2) is 7.88. The van der Waals surface area contributed by atoms with Gasteiger partial charge in [-0.1, -0.05) is 30.3 Å². The molecule has 2 saturated carbocycles. The van der Waals surface area contributed by atoms with Gasteiger partial charge in [0.1, 0.15) is 11.6 Å². The minimum absolute atomic E-state index is 0.235. The Hall–Kier alpha value is -2.09. The quantitative estimate of drug-likeness (QED) is 0.531.